The molecule has 11 rings (SSSR count). The summed E-state index contributed by atoms with van der Waals surface area (Å²) in [5.74, 6) is 8.83. The van der Waals surface area contributed by atoms with Crippen molar-refractivity contribution in [2.24, 2.45) is 5.92 Å². The van der Waals surface area contributed by atoms with Crippen LogP contribution in [0.1, 0.15) is 45.7 Å². The molecule has 0 unspecified atom stereocenters. The molecule has 10 aromatic rings. The summed E-state index contributed by atoms with van der Waals surface area (Å²) in [6, 6.07) is 65.7. The summed E-state index contributed by atoms with van der Waals surface area (Å²) in [5.41, 5.74) is 15.8. The van der Waals surface area contributed by atoms with E-state index in [1.54, 1.807) is 4.40 Å². The number of nitrogens with zero attached hydrogens (tertiary/aromatic N) is 4. The fourth-order valence-electron chi connectivity index (χ4n) is 10.3. The van der Waals surface area contributed by atoms with Gasteiger partial charge in [0.2, 0.25) is 0 Å². The van der Waals surface area contributed by atoms with Gasteiger partial charge in [-0.25, -0.2) is 4.98 Å². The maximum absolute atomic E-state index is 5.53. The Morgan fingerprint density at radius 3 is 1.90 bits per heavy atom. The van der Waals surface area contributed by atoms with Gasteiger partial charge in [0.1, 0.15) is 5.52 Å². The quantitative estimate of drug-likeness (QED) is 0.112. The van der Waals surface area contributed by atoms with Crippen LogP contribution in [0, 0.1) is 18.1 Å². The van der Waals surface area contributed by atoms with E-state index in [4.69, 9.17) is 15.0 Å². The van der Waals surface area contributed by atoms with E-state index in [9.17, 15) is 0 Å². The van der Waals surface area contributed by atoms with Crippen LogP contribution in [0.15, 0.2) is 176 Å². The molecule has 3 aromatic heterocycles. The third kappa shape index (κ3) is 9.72. The summed E-state index contributed by atoms with van der Waals surface area (Å²) >= 11 is -1.86. The van der Waals surface area contributed by atoms with Crippen LogP contribution in [0.25, 0.3) is 83.6 Å². The third-order valence-corrected chi connectivity index (χ3v) is 21.8. The predicted octanol–water partition coefficient (Wildman–Crippen LogP) is 14.8. The number of pyridine rings is 2. The van der Waals surface area contributed by atoms with Crippen molar-refractivity contribution >= 4 is 58.0 Å². The molecule has 0 atom stereocenters. The molecule has 0 saturated carbocycles. The largest absolute Gasteiger partial charge is 0 e. The minimum atomic E-state index is -1.86. The van der Waals surface area contributed by atoms with E-state index < -0.39 is 21.3 Å². The van der Waals surface area contributed by atoms with Crippen LogP contribution >= 0.6 is 0 Å². The maximum atomic E-state index is 5.53. The Morgan fingerprint density at radius 2 is 1.27 bits per heavy atom. The molecule has 0 saturated heterocycles. The Kier molecular flexibility index (Phi) is 14.0. The average Bonchev–Trinajstić information content (AvgIpc) is 3.86. The fraction of sp³-hybridized carbons (Fsp3) is 0.203. The zero-order valence-corrected chi connectivity index (χ0v) is 48.1. The Labute approximate surface area is 438 Å². The first kappa shape index (κ1) is 49.9. The van der Waals surface area contributed by atoms with Crippen molar-refractivity contribution in [2.75, 3.05) is 0 Å². The average molecular weight is 1180 g/mol. The zero-order chi connectivity index (χ0) is 49.0. The first-order valence-corrected chi connectivity index (χ1v) is 35.1. The van der Waals surface area contributed by atoms with Crippen molar-refractivity contribution < 1.29 is 20.1 Å². The molecule has 4 heterocycles. The first-order valence-electron chi connectivity index (χ1n) is 24.8. The van der Waals surface area contributed by atoms with Crippen LogP contribution in [0.2, 0.25) is 30.4 Å². The number of imidazole rings is 1. The molecule has 7 heteroatoms. The molecular formula is C64H62GeIrN4Si-2. The van der Waals surface area contributed by atoms with Crippen molar-refractivity contribution in [1.29, 1.82) is 0 Å². The first-order chi connectivity index (χ1) is 33.6. The normalized spacial score (nSPS) is 12.8. The van der Waals surface area contributed by atoms with E-state index >= 15 is 0 Å². The number of hydrogen-bond acceptors (Lipinski definition) is 3. The summed E-state index contributed by atoms with van der Waals surface area (Å²) in [6.45, 7) is 16.3. The van der Waals surface area contributed by atoms with Crippen LogP contribution in [-0.2, 0) is 31.9 Å². The number of hydrogen-bond donors (Lipinski definition) is 0. The standard InChI is InChI=1S/C46H38N3Si.C18H24GeN.Ir/c1-46(2,3)34-27-37(30-16-8-6-9-17-30)43(38(28-34)31-18-10-7-11-19-31)49-44(48-42-35-21-13-12-20-33(35)29-47-45(42)49)32-24-25-41-39(26-32)36-22-14-15-23-40(36)50(41,4)5;1-14(2)11-16-12-18(15-9-7-6-8-10-15)20-13-17(16)19(3,4)5;/h6-23,25-29H,1-5H3;6-9,12-14H,11H2,1-5H3;/q2*-1;. The van der Waals surface area contributed by atoms with Gasteiger partial charge in [0, 0.05) is 48.2 Å². The SMILES string of the molecule is CC(C)(C)c1cc(-c2ccccc2)c(-n2c(-c3[c-]cc4c(c3)-c3ccccc3[Si]4(C)C)nc3c4ccccc4cnc32)c(-c2ccccc2)c1.CC(C)Cc1cc(-c2[c-]cccc2)nc[c]1[Ge]([CH3])([CH3])[CH3].[Ir]. The molecule has 1 aliphatic rings. The van der Waals surface area contributed by atoms with Crippen molar-refractivity contribution in [3.63, 3.8) is 0 Å². The number of rotatable bonds is 8. The minimum absolute atomic E-state index is 0. The van der Waals surface area contributed by atoms with Gasteiger partial charge in [0.05, 0.1) is 19.6 Å². The summed E-state index contributed by atoms with van der Waals surface area (Å²) in [4.78, 5) is 15.4. The van der Waals surface area contributed by atoms with Gasteiger partial charge in [-0.1, -0.05) is 154 Å². The molecule has 71 heavy (non-hydrogen) atoms. The second-order valence-electron chi connectivity index (χ2n) is 21.9. The van der Waals surface area contributed by atoms with Gasteiger partial charge >= 0.3 is 126 Å². The molecule has 0 amide bonds. The van der Waals surface area contributed by atoms with Crippen molar-refractivity contribution in [3.8, 4) is 61.7 Å². The van der Waals surface area contributed by atoms with E-state index in [2.05, 4.69) is 233 Å². The molecule has 7 aromatic carbocycles. The third-order valence-electron chi connectivity index (χ3n) is 13.9. The fourth-order valence-corrected chi connectivity index (χ4v) is 16.6. The van der Waals surface area contributed by atoms with Crippen LogP contribution in [0.3, 0.4) is 0 Å². The van der Waals surface area contributed by atoms with Crippen LogP contribution in [-0.4, -0.2) is 40.9 Å². The van der Waals surface area contributed by atoms with Gasteiger partial charge in [-0.15, -0.1) is 28.9 Å². The van der Waals surface area contributed by atoms with E-state index in [1.165, 1.54) is 32.6 Å². The van der Waals surface area contributed by atoms with Gasteiger partial charge in [-0.05, 0) is 39.8 Å². The number of benzene rings is 7. The van der Waals surface area contributed by atoms with Crippen LogP contribution in [0.5, 0.6) is 0 Å². The molecule has 0 fully saturated rings. The Bertz CT molecular complexity index is 3470. The van der Waals surface area contributed by atoms with Crippen LogP contribution < -0.4 is 14.8 Å². The zero-order valence-electron chi connectivity index (χ0n) is 42.6. The molecule has 357 valence electrons. The Morgan fingerprint density at radius 1 is 0.634 bits per heavy atom. The van der Waals surface area contributed by atoms with E-state index in [1.807, 2.05) is 24.4 Å². The van der Waals surface area contributed by atoms with Gasteiger partial charge in [-0.2, -0.15) is 0 Å². The van der Waals surface area contributed by atoms with Crippen LogP contribution in [0.4, 0.5) is 0 Å². The van der Waals surface area contributed by atoms with Crippen molar-refractivity contribution in [1.82, 2.24) is 19.5 Å². The van der Waals surface area contributed by atoms with Gasteiger partial charge < -0.3 is 4.57 Å². The van der Waals surface area contributed by atoms with E-state index in [-0.39, 0.29) is 25.5 Å². The Balaban J connectivity index is 0.000000251. The summed E-state index contributed by atoms with van der Waals surface area (Å²) in [7, 11) is -1.85. The topological polar surface area (TPSA) is 43.6 Å². The maximum Gasteiger partial charge on any atom is 0 e. The molecule has 0 N–H and O–H groups in total. The molecule has 0 aliphatic carbocycles. The summed E-state index contributed by atoms with van der Waals surface area (Å²) in [5, 5.41) is 5.08. The second kappa shape index (κ2) is 19.9. The molecule has 0 spiro atoms. The molecule has 1 radical (unpaired) electrons. The minimum Gasteiger partial charge on any atom is 0 e. The second-order valence-corrected chi connectivity index (χ2v) is 36.8. The summed E-state index contributed by atoms with van der Waals surface area (Å²) in [6.07, 6.45) is 5.26. The van der Waals surface area contributed by atoms with Gasteiger partial charge in [0.25, 0.3) is 0 Å². The number of aromatic nitrogens is 4. The van der Waals surface area contributed by atoms with Gasteiger partial charge in [0.15, 0.2) is 5.65 Å². The molecule has 0 bridgehead atoms. The Hall–Kier alpha value is -6.02. The monoisotopic (exact) mass is 1180 g/mol. The summed E-state index contributed by atoms with van der Waals surface area (Å²) < 4.78 is 3.86. The van der Waals surface area contributed by atoms with Crippen molar-refractivity contribution in [2.45, 2.75) is 76.8 Å². The smallest absolute Gasteiger partial charge is 0 e. The molecule has 1 aliphatic heterocycles. The molecular weight excluding hydrogens is 1120 g/mol. The van der Waals surface area contributed by atoms with E-state index in [0.717, 1.165) is 78.9 Å². The predicted molar refractivity (Wildman–Crippen MR) is 302 cm³/mol. The number of fused-ring (bicyclic) bond motifs is 6. The van der Waals surface area contributed by atoms with E-state index in [0.29, 0.717) is 5.92 Å². The molecule has 4 nitrogen and oxygen atoms in total. The van der Waals surface area contributed by atoms with Crippen molar-refractivity contribution in [3.05, 3.63) is 199 Å². The van der Waals surface area contributed by atoms with Gasteiger partial charge in [-0.3, -0.25) is 4.98 Å².